The Morgan fingerprint density at radius 2 is 1.59 bits per heavy atom. The number of hydrogen-bond acceptors (Lipinski definition) is 4. The monoisotopic (exact) mass is 506 g/mol. The summed E-state index contributed by atoms with van der Waals surface area (Å²) < 4.78 is 2.04. The molecule has 0 atom stereocenters. The van der Waals surface area contributed by atoms with E-state index in [0.29, 0.717) is 0 Å². The number of para-hydroxylation sites is 1. The fraction of sp³-hybridized carbons (Fsp3) is 0.121. The molecule has 39 heavy (non-hydrogen) atoms. The van der Waals surface area contributed by atoms with Crippen molar-refractivity contribution in [1.29, 1.82) is 0 Å². The quantitative estimate of drug-likeness (QED) is 0.267. The van der Waals surface area contributed by atoms with E-state index in [-0.39, 0.29) is 5.54 Å². The zero-order chi connectivity index (χ0) is 26.0. The average Bonchev–Trinajstić information content (AvgIpc) is 3.60. The summed E-state index contributed by atoms with van der Waals surface area (Å²) in [5.41, 5.74) is 15.5. The third-order valence-corrected chi connectivity index (χ3v) is 8.20. The molecule has 8 rings (SSSR count). The van der Waals surface area contributed by atoms with E-state index >= 15 is 0 Å². The van der Waals surface area contributed by atoms with Gasteiger partial charge in [-0.25, -0.2) is 4.98 Å². The van der Waals surface area contributed by atoms with Crippen LogP contribution in [-0.2, 0) is 5.54 Å². The van der Waals surface area contributed by atoms with Crippen LogP contribution >= 0.6 is 0 Å². The smallest absolute Gasteiger partial charge is 0.184 e. The first-order valence-corrected chi connectivity index (χ1v) is 13.4. The normalized spacial score (nSPS) is 14.7. The van der Waals surface area contributed by atoms with Gasteiger partial charge in [0.05, 0.1) is 16.9 Å². The van der Waals surface area contributed by atoms with Crippen molar-refractivity contribution < 1.29 is 0 Å². The van der Waals surface area contributed by atoms with E-state index in [1.54, 1.807) is 0 Å². The molecule has 0 radical (unpaired) electrons. The Kier molecular flexibility index (Phi) is 4.75. The average molecular weight is 507 g/mol. The highest BCUT2D eigenvalue weighted by Crippen LogP contribution is 2.40. The molecule has 0 bridgehead atoms. The molecule has 7 aromatic rings. The van der Waals surface area contributed by atoms with Crippen molar-refractivity contribution in [1.82, 2.24) is 24.6 Å². The Morgan fingerprint density at radius 1 is 0.795 bits per heavy atom. The zero-order valence-electron chi connectivity index (χ0n) is 21.3. The van der Waals surface area contributed by atoms with E-state index in [9.17, 15) is 0 Å². The van der Waals surface area contributed by atoms with Gasteiger partial charge in [0.2, 0.25) is 0 Å². The van der Waals surface area contributed by atoms with Crippen molar-refractivity contribution >= 4 is 27.5 Å². The summed E-state index contributed by atoms with van der Waals surface area (Å²) in [5.74, 6) is 0.774. The van der Waals surface area contributed by atoms with Crippen LogP contribution in [0.5, 0.6) is 0 Å². The highest BCUT2D eigenvalue weighted by atomic mass is 15.3. The number of benzene rings is 3. The molecule has 3 aromatic carbocycles. The Hall–Kier alpha value is -4.81. The molecule has 6 nitrogen and oxygen atoms in total. The highest BCUT2D eigenvalue weighted by molar-refractivity contribution is 5.98. The highest BCUT2D eigenvalue weighted by Gasteiger charge is 2.34. The van der Waals surface area contributed by atoms with Crippen molar-refractivity contribution in [2.24, 2.45) is 5.73 Å². The van der Waals surface area contributed by atoms with Crippen LogP contribution in [0.3, 0.4) is 0 Å². The molecule has 1 fully saturated rings. The van der Waals surface area contributed by atoms with Crippen LogP contribution in [0.2, 0.25) is 0 Å². The number of hydrogen-bond donors (Lipinski definition) is 2. The van der Waals surface area contributed by atoms with Gasteiger partial charge < -0.3 is 10.7 Å². The minimum absolute atomic E-state index is 0.181. The molecule has 4 aromatic heterocycles. The third kappa shape index (κ3) is 3.49. The van der Waals surface area contributed by atoms with Crippen molar-refractivity contribution in [3.8, 4) is 33.9 Å². The van der Waals surface area contributed by atoms with E-state index in [4.69, 9.17) is 10.7 Å². The summed E-state index contributed by atoms with van der Waals surface area (Å²) in [5, 5.41) is 11.3. The Bertz CT molecular complexity index is 1960. The maximum Gasteiger partial charge on any atom is 0.184 e. The molecular weight excluding hydrogens is 480 g/mol. The van der Waals surface area contributed by atoms with E-state index in [2.05, 4.69) is 88.0 Å². The molecule has 0 saturated heterocycles. The fourth-order valence-electron chi connectivity index (χ4n) is 5.84. The number of nitrogens with two attached hydrogens (primary N) is 1. The lowest BCUT2D eigenvalue weighted by molar-refractivity contribution is 0.253. The van der Waals surface area contributed by atoms with Crippen molar-refractivity contribution in [3.63, 3.8) is 0 Å². The van der Waals surface area contributed by atoms with Gasteiger partial charge in [0.25, 0.3) is 0 Å². The van der Waals surface area contributed by atoms with Gasteiger partial charge in [-0.2, -0.15) is 0 Å². The third-order valence-electron chi connectivity index (χ3n) is 8.20. The molecule has 0 aliphatic heterocycles. The molecule has 3 N–H and O–H groups in total. The largest absolute Gasteiger partial charge is 0.352 e. The summed E-state index contributed by atoms with van der Waals surface area (Å²) in [6.45, 7) is 0. The number of H-pyrrole nitrogens is 1. The molecule has 1 aliphatic rings. The lowest BCUT2D eigenvalue weighted by atomic mass is 9.72. The maximum absolute atomic E-state index is 6.59. The molecule has 4 heterocycles. The van der Waals surface area contributed by atoms with Crippen LogP contribution in [-0.4, -0.2) is 24.6 Å². The SMILES string of the molecule is NC1(c2ccc(-c3nc4ccn5c(-c6cc7ccccc7[nH]6)nnc5c4cc3-c3ccccc3)cc2)CCC1. The Morgan fingerprint density at radius 3 is 2.36 bits per heavy atom. The number of pyridine rings is 2. The van der Waals surface area contributed by atoms with Gasteiger partial charge in [-0.3, -0.25) is 4.40 Å². The first kappa shape index (κ1) is 22.2. The Labute approximate surface area is 225 Å². The lowest BCUT2D eigenvalue weighted by Gasteiger charge is -2.38. The predicted molar refractivity (Wildman–Crippen MR) is 156 cm³/mol. The molecular formula is C33H26N6. The predicted octanol–water partition coefficient (Wildman–Crippen LogP) is 7.10. The number of nitrogens with zero attached hydrogens (tertiary/aromatic N) is 4. The second-order valence-electron chi connectivity index (χ2n) is 10.6. The zero-order valence-corrected chi connectivity index (χ0v) is 21.3. The molecule has 1 saturated carbocycles. The second-order valence-corrected chi connectivity index (χ2v) is 10.6. The summed E-state index contributed by atoms with van der Waals surface area (Å²) in [4.78, 5) is 8.68. The van der Waals surface area contributed by atoms with Crippen molar-refractivity contribution in [2.75, 3.05) is 0 Å². The van der Waals surface area contributed by atoms with Gasteiger partial charge in [0.1, 0.15) is 0 Å². The minimum atomic E-state index is -0.181. The number of aromatic amines is 1. The number of nitrogens with one attached hydrogen (secondary N) is 1. The molecule has 0 unspecified atom stereocenters. The standard InChI is InChI=1S/C33H26N6/c34-33(16-6-17-33)24-13-11-22(12-14-24)30-25(21-7-2-1-3-8-21)20-26-28(36-30)15-18-39-31(26)37-38-32(39)29-19-23-9-4-5-10-27(23)35-29/h1-5,7-15,18-20,35H,6,16-17,34H2. The van der Waals surface area contributed by atoms with Gasteiger partial charge >= 0.3 is 0 Å². The topological polar surface area (TPSA) is 84.9 Å². The first-order valence-electron chi connectivity index (χ1n) is 13.4. The van der Waals surface area contributed by atoms with Gasteiger partial charge in [0.15, 0.2) is 11.5 Å². The van der Waals surface area contributed by atoms with Crippen molar-refractivity contribution in [3.05, 3.63) is 109 Å². The number of aromatic nitrogens is 5. The van der Waals surface area contributed by atoms with Crippen LogP contribution in [0.1, 0.15) is 24.8 Å². The molecule has 0 spiro atoms. The Balaban J connectivity index is 1.31. The molecule has 1 aliphatic carbocycles. The summed E-state index contributed by atoms with van der Waals surface area (Å²) >= 11 is 0. The summed E-state index contributed by atoms with van der Waals surface area (Å²) in [6, 6.07) is 33.7. The number of fused-ring (bicyclic) bond motifs is 4. The molecule has 6 heteroatoms. The first-order chi connectivity index (χ1) is 19.2. The second kappa shape index (κ2) is 8.35. The van der Waals surface area contributed by atoms with Crippen molar-refractivity contribution in [2.45, 2.75) is 24.8 Å². The maximum atomic E-state index is 6.59. The minimum Gasteiger partial charge on any atom is -0.352 e. The van der Waals surface area contributed by atoms with Crippen LogP contribution in [0, 0.1) is 0 Å². The van der Waals surface area contributed by atoms with E-state index in [1.165, 1.54) is 12.0 Å². The number of rotatable bonds is 4. The van der Waals surface area contributed by atoms with Gasteiger partial charge in [-0.1, -0.05) is 72.8 Å². The molecule has 188 valence electrons. The van der Waals surface area contributed by atoms with Gasteiger partial charge in [0, 0.05) is 39.2 Å². The fourth-order valence-corrected chi connectivity index (χ4v) is 5.84. The summed E-state index contributed by atoms with van der Waals surface area (Å²) in [6.07, 6.45) is 5.30. The van der Waals surface area contributed by atoms with Gasteiger partial charge in [-0.05, 0) is 54.7 Å². The van der Waals surface area contributed by atoms with E-state index < -0.39 is 0 Å². The summed E-state index contributed by atoms with van der Waals surface area (Å²) in [7, 11) is 0. The van der Waals surface area contributed by atoms with Crippen LogP contribution < -0.4 is 5.73 Å². The van der Waals surface area contributed by atoms with Crippen LogP contribution in [0.4, 0.5) is 0 Å². The van der Waals surface area contributed by atoms with Crippen LogP contribution in [0.15, 0.2) is 103 Å². The molecule has 0 amide bonds. The lowest BCUT2D eigenvalue weighted by Crippen LogP contribution is -2.43. The van der Waals surface area contributed by atoms with E-state index in [1.807, 2.05) is 34.9 Å². The van der Waals surface area contributed by atoms with E-state index in [0.717, 1.165) is 74.2 Å². The van der Waals surface area contributed by atoms with Crippen LogP contribution in [0.25, 0.3) is 61.4 Å². The van der Waals surface area contributed by atoms with Gasteiger partial charge in [-0.15, -0.1) is 10.2 Å².